The highest BCUT2D eigenvalue weighted by atomic mass is 32.1. The second-order valence-electron chi connectivity index (χ2n) is 4.81. The molecule has 0 aliphatic rings. The topological polar surface area (TPSA) is 76.4 Å². The van der Waals surface area contributed by atoms with E-state index < -0.39 is 17.5 Å². The predicted molar refractivity (Wildman–Crippen MR) is 76.7 cm³/mol. The van der Waals surface area contributed by atoms with E-state index in [9.17, 15) is 9.18 Å². The molecule has 4 N–H and O–H groups in total. The van der Waals surface area contributed by atoms with E-state index >= 15 is 0 Å². The lowest BCUT2D eigenvalue weighted by Crippen LogP contribution is -2.27. The van der Waals surface area contributed by atoms with Crippen molar-refractivity contribution >= 4 is 34.8 Å². The lowest BCUT2D eigenvalue weighted by molar-refractivity contribution is 0.0635. The number of rotatable bonds is 2. The highest BCUT2D eigenvalue weighted by molar-refractivity contribution is 7.80. The maximum Gasteiger partial charge on any atom is 0.412 e. The van der Waals surface area contributed by atoms with Gasteiger partial charge in [0.05, 0.1) is 5.69 Å². The molecule has 0 fully saturated rings. The van der Waals surface area contributed by atoms with Crippen LogP contribution in [0.3, 0.4) is 0 Å². The summed E-state index contributed by atoms with van der Waals surface area (Å²) in [5.74, 6) is -0.618. The van der Waals surface area contributed by atoms with Crippen LogP contribution in [0.2, 0.25) is 0 Å². The molecule has 7 heteroatoms. The van der Waals surface area contributed by atoms with E-state index in [1.165, 1.54) is 18.2 Å². The number of hydrogen-bond donors (Lipinski definition) is 3. The molecule has 0 saturated carbocycles. The Morgan fingerprint density at radius 3 is 2.47 bits per heavy atom. The molecule has 0 aromatic heterocycles. The van der Waals surface area contributed by atoms with Crippen LogP contribution in [-0.2, 0) is 4.74 Å². The third-order valence-electron chi connectivity index (χ3n) is 1.87. The van der Waals surface area contributed by atoms with Crippen LogP contribution in [0.5, 0.6) is 0 Å². The Bertz CT molecular complexity index is 500. The summed E-state index contributed by atoms with van der Waals surface area (Å²) >= 11 is 4.64. The van der Waals surface area contributed by atoms with E-state index in [0.717, 1.165) is 0 Å². The first-order valence-corrected chi connectivity index (χ1v) is 5.94. The molecule has 0 saturated heterocycles. The number of carbonyl (C=O) groups is 1. The van der Waals surface area contributed by atoms with Crippen LogP contribution in [0.4, 0.5) is 20.6 Å². The van der Waals surface area contributed by atoms with Gasteiger partial charge in [-0.25, -0.2) is 9.18 Å². The molecule has 19 heavy (non-hydrogen) atoms. The number of benzene rings is 1. The van der Waals surface area contributed by atoms with Gasteiger partial charge in [-0.3, -0.25) is 5.32 Å². The Morgan fingerprint density at radius 2 is 2.00 bits per heavy atom. The number of anilines is 2. The summed E-state index contributed by atoms with van der Waals surface area (Å²) in [7, 11) is 0. The fourth-order valence-corrected chi connectivity index (χ4v) is 1.37. The molecule has 1 amide bonds. The summed E-state index contributed by atoms with van der Waals surface area (Å²) in [6.45, 7) is 5.16. The highest BCUT2D eigenvalue weighted by Gasteiger charge is 2.17. The van der Waals surface area contributed by atoms with Gasteiger partial charge in [-0.15, -0.1) is 0 Å². The largest absolute Gasteiger partial charge is 0.444 e. The zero-order valence-corrected chi connectivity index (χ0v) is 11.7. The average Bonchev–Trinajstić information content (AvgIpc) is 2.18. The van der Waals surface area contributed by atoms with Gasteiger partial charge in [0.2, 0.25) is 0 Å². The first-order valence-electron chi connectivity index (χ1n) is 5.53. The van der Waals surface area contributed by atoms with Crippen molar-refractivity contribution in [2.24, 2.45) is 5.73 Å². The smallest absolute Gasteiger partial charge is 0.412 e. The number of amides is 1. The van der Waals surface area contributed by atoms with Crippen LogP contribution in [0.25, 0.3) is 0 Å². The van der Waals surface area contributed by atoms with Crippen LogP contribution in [0.1, 0.15) is 20.8 Å². The number of thiocarbonyl (C=S) groups is 1. The Kier molecular flexibility index (Phi) is 4.66. The van der Waals surface area contributed by atoms with Gasteiger partial charge in [0.25, 0.3) is 0 Å². The minimum absolute atomic E-state index is 0.0164. The minimum Gasteiger partial charge on any atom is -0.444 e. The summed E-state index contributed by atoms with van der Waals surface area (Å²) in [5.41, 5.74) is 5.04. The van der Waals surface area contributed by atoms with Crippen LogP contribution >= 0.6 is 12.2 Å². The average molecular weight is 285 g/mol. The van der Waals surface area contributed by atoms with Gasteiger partial charge in [-0.05, 0) is 51.2 Å². The van der Waals surface area contributed by atoms with E-state index in [2.05, 4.69) is 22.9 Å². The van der Waals surface area contributed by atoms with Gasteiger partial charge in [-0.2, -0.15) is 0 Å². The Morgan fingerprint density at radius 1 is 1.37 bits per heavy atom. The molecule has 0 spiro atoms. The quantitative estimate of drug-likeness (QED) is 0.728. The zero-order chi connectivity index (χ0) is 14.6. The Balaban J connectivity index is 2.75. The van der Waals surface area contributed by atoms with Crippen molar-refractivity contribution in [2.45, 2.75) is 26.4 Å². The molecule has 0 unspecified atom stereocenters. The molecule has 1 rings (SSSR count). The van der Waals surface area contributed by atoms with Gasteiger partial charge < -0.3 is 15.8 Å². The molecular weight excluding hydrogens is 269 g/mol. The predicted octanol–water partition coefficient (Wildman–Crippen LogP) is 2.83. The number of ether oxygens (including phenoxy) is 1. The van der Waals surface area contributed by atoms with E-state index in [-0.39, 0.29) is 10.8 Å². The number of halogens is 1. The molecule has 0 aliphatic carbocycles. The van der Waals surface area contributed by atoms with Crippen LogP contribution < -0.4 is 16.4 Å². The van der Waals surface area contributed by atoms with Crippen LogP contribution in [-0.4, -0.2) is 16.8 Å². The standard InChI is InChI=1S/C12H16FN3O2S/c1-12(2,3)18-11(17)16-9-5-4-7(6-8(9)13)15-10(14)19/h4-6H,1-3H3,(H,16,17)(H3,14,15,19). The molecule has 0 atom stereocenters. The Labute approximate surface area is 116 Å². The molecule has 104 valence electrons. The lowest BCUT2D eigenvalue weighted by Gasteiger charge is -2.19. The monoisotopic (exact) mass is 285 g/mol. The molecule has 0 heterocycles. The van der Waals surface area contributed by atoms with Crippen molar-refractivity contribution in [2.75, 3.05) is 10.6 Å². The Hall–Kier alpha value is -1.89. The van der Waals surface area contributed by atoms with E-state index in [1.54, 1.807) is 20.8 Å². The van der Waals surface area contributed by atoms with Crippen molar-refractivity contribution in [3.63, 3.8) is 0 Å². The second-order valence-corrected chi connectivity index (χ2v) is 5.25. The van der Waals surface area contributed by atoms with Crippen molar-refractivity contribution < 1.29 is 13.9 Å². The maximum absolute atomic E-state index is 13.7. The highest BCUT2D eigenvalue weighted by Crippen LogP contribution is 2.19. The first-order chi connectivity index (χ1) is 8.67. The van der Waals surface area contributed by atoms with Crippen LogP contribution in [0, 0.1) is 5.82 Å². The van der Waals surface area contributed by atoms with Gasteiger partial charge in [0.15, 0.2) is 5.11 Å². The van der Waals surface area contributed by atoms with E-state index in [1.807, 2.05) is 0 Å². The van der Waals surface area contributed by atoms with Crippen molar-refractivity contribution in [3.8, 4) is 0 Å². The first kappa shape index (κ1) is 15.2. The molecule has 1 aromatic rings. The van der Waals surface area contributed by atoms with Gasteiger partial charge >= 0.3 is 6.09 Å². The molecular formula is C12H16FN3O2S. The van der Waals surface area contributed by atoms with Gasteiger partial charge in [0, 0.05) is 5.69 Å². The van der Waals surface area contributed by atoms with Crippen molar-refractivity contribution in [3.05, 3.63) is 24.0 Å². The van der Waals surface area contributed by atoms with Gasteiger partial charge in [0.1, 0.15) is 11.4 Å². The number of carbonyl (C=O) groups excluding carboxylic acids is 1. The summed E-state index contributed by atoms with van der Waals surface area (Å²) in [5, 5.41) is 4.94. The molecule has 0 bridgehead atoms. The summed E-state index contributed by atoms with van der Waals surface area (Å²) in [4.78, 5) is 11.5. The molecule has 1 aromatic carbocycles. The van der Waals surface area contributed by atoms with Crippen molar-refractivity contribution in [1.29, 1.82) is 0 Å². The fraction of sp³-hybridized carbons (Fsp3) is 0.333. The van der Waals surface area contributed by atoms with E-state index in [0.29, 0.717) is 5.69 Å². The maximum atomic E-state index is 13.7. The molecule has 0 aliphatic heterocycles. The number of hydrogen-bond acceptors (Lipinski definition) is 3. The number of nitrogens with one attached hydrogen (secondary N) is 2. The summed E-state index contributed by atoms with van der Waals surface area (Å²) in [6, 6.07) is 4.10. The number of nitrogens with two attached hydrogens (primary N) is 1. The minimum atomic E-state index is -0.721. The zero-order valence-electron chi connectivity index (χ0n) is 10.9. The second kappa shape index (κ2) is 5.83. The molecule has 5 nitrogen and oxygen atoms in total. The summed E-state index contributed by atoms with van der Waals surface area (Å²) < 4.78 is 18.7. The lowest BCUT2D eigenvalue weighted by atomic mass is 10.2. The third kappa shape index (κ3) is 5.52. The third-order valence-corrected chi connectivity index (χ3v) is 1.97. The fourth-order valence-electron chi connectivity index (χ4n) is 1.25. The normalized spacial score (nSPS) is 10.7. The summed E-state index contributed by atoms with van der Waals surface area (Å²) in [6.07, 6.45) is -0.721. The SMILES string of the molecule is CC(C)(C)OC(=O)Nc1ccc(NC(N)=S)cc1F. The van der Waals surface area contributed by atoms with Crippen LogP contribution in [0.15, 0.2) is 18.2 Å². The van der Waals surface area contributed by atoms with Gasteiger partial charge in [-0.1, -0.05) is 0 Å². The molecule has 0 radical (unpaired) electrons. The van der Waals surface area contributed by atoms with E-state index in [4.69, 9.17) is 10.5 Å². The van der Waals surface area contributed by atoms with Crippen molar-refractivity contribution in [1.82, 2.24) is 0 Å².